The number of aromatic nitrogens is 2. The predicted octanol–water partition coefficient (Wildman–Crippen LogP) is 3.99. The fourth-order valence-corrected chi connectivity index (χ4v) is 3.30. The molecular weight excluding hydrogens is 476 g/mol. The first-order valence-electron chi connectivity index (χ1n) is 9.13. The minimum atomic E-state index is -1.12. The molecule has 2 aromatic carbocycles. The molecule has 3 aromatic rings. The SMILES string of the molecule is Cc1nc(OCc2ccc(F)cc2F)c(Br)c(=O)n1Cc1cccc(CNC(=O)O)c1. The Morgan fingerprint density at radius 1 is 1.23 bits per heavy atom. The number of carbonyl (C=O) groups is 1. The van der Waals surface area contributed by atoms with Crippen molar-refractivity contribution < 1.29 is 23.4 Å². The van der Waals surface area contributed by atoms with Crippen molar-refractivity contribution in [1.82, 2.24) is 14.9 Å². The molecule has 0 saturated heterocycles. The second-order valence-electron chi connectivity index (χ2n) is 6.67. The van der Waals surface area contributed by atoms with Gasteiger partial charge in [0.15, 0.2) is 0 Å². The van der Waals surface area contributed by atoms with Crippen LogP contribution in [0.4, 0.5) is 13.6 Å². The minimum absolute atomic E-state index is 0.00174. The number of hydrogen-bond acceptors (Lipinski definition) is 4. The average molecular weight is 494 g/mol. The predicted molar refractivity (Wildman–Crippen MR) is 112 cm³/mol. The monoisotopic (exact) mass is 493 g/mol. The average Bonchev–Trinajstić information content (AvgIpc) is 2.72. The quantitative estimate of drug-likeness (QED) is 0.519. The van der Waals surface area contributed by atoms with Crippen molar-refractivity contribution >= 4 is 22.0 Å². The topological polar surface area (TPSA) is 93.5 Å². The molecule has 0 saturated carbocycles. The number of nitrogens with one attached hydrogen (secondary N) is 1. The van der Waals surface area contributed by atoms with E-state index in [1.54, 1.807) is 25.1 Å². The van der Waals surface area contributed by atoms with Gasteiger partial charge in [-0.05, 0) is 46.1 Å². The van der Waals surface area contributed by atoms with E-state index in [1.165, 1.54) is 10.6 Å². The van der Waals surface area contributed by atoms with E-state index in [9.17, 15) is 18.4 Å². The summed E-state index contributed by atoms with van der Waals surface area (Å²) < 4.78 is 33.8. The van der Waals surface area contributed by atoms with Gasteiger partial charge in [-0.2, -0.15) is 4.98 Å². The molecule has 0 bridgehead atoms. The van der Waals surface area contributed by atoms with Crippen molar-refractivity contribution in [2.24, 2.45) is 0 Å². The summed E-state index contributed by atoms with van der Waals surface area (Å²) in [5.74, 6) is -1.07. The standard InChI is InChI=1S/C21H18BrF2N3O4/c1-12-26-19(31-11-15-5-6-16(23)8-17(15)24)18(22)20(28)27(12)10-14-4-2-3-13(7-14)9-25-21(29)30/h2-8,25H,9-11H2,1H3,(H,29,30). The first kappa shape index (κ1) is 22.4. The summed E-state index contributed by atoms with van der Waals surface area (Å²) in [5, 5.41) is 11.0. The van der Waals surface area contributed by atoms with Crippen molar-refractivity contribution in [3.63, 3.8) is 0 Å². The molecule has 0 fully saturated rings. The number of carboxylic acid groups (broad SMARTS) is 1. The summed E-state index contributed by atoms with van der Waals surface area (Å²) in [5.41, 5.74) is 1.27. The summed E-state index contributed by atoms with van der Waals surface area (Å²) in [6.07, 6.45) is -1.12. The van der Waals surface area contributed by atoms with Crippen LogP contribution in [0.25, 0.3) is 0 Å². The van der Waals surface area contributed by atoms with Crippen molar-refractivity contribution in [2.45, 2.75) is 26.6 Å². The van der Waals surface area contributed by atoms with Gasteiger partial charge in [-0.25, -0.2) is 13.6 Å². The van der Waals surface area contributed by atoms with Gasteiger partial charge in [0.25, 0.3) is 5.56 Å². The van der Waals surface area contributed by atoms with E-state index < -0.39 is 23.3 Å². The fourth-order valence-electron chi connectivity index (χ4n) is 2.88. The van der Waals surface area contributed by atoms with Crippen LogP contribution in [0, 0.1) is 18.6 Å². The first-order chi connectivity index (χ1) is 14.7. The number of aryl methyl sites for hydroxylation is 1. The molecule has 2 N–H and O–H groups in total. The number of halogens is 3. The molecule has 7 nitrogen and oxygen atoms in total. The van der Waals surface area contributed by atoms with Gasteiger partial charge in [0.05, 0.1) is 6.54 Å². The number of hydrogen-bond donors (Lipinski definition) is 2. The first-order valence-corrected chi connectivity index (χ1v) is 9.92. The number of ether oxygens (including phenoxy) is 1. The van der Waals surface area contributed by atoms with Gasteiger partial charge in [0.1, 0.15) is 28.5 Å². The number of benzene rings is 2. The third-order valence-electron chi connectivity index (χ3n) is 4.43. The molecule has 1 aromatic heterocycles. The van der Waals surface area contributed by atoms with Gasteiger partial charge < -0.3 is 15.2 Å². The summed E-state index contributed by atoms with van der Waals surface area (Å²) in [7, 11) is 0. The number of amides is 1. The van der Waals surface area contributed by atoms with Crippen molar-refractivity contribution in [2.75, 3.05) is 0 Å². The van der Waals surface area contributed by atoms with Crippen LogP contribution in [-0.4, -0.2) is 20.8 Å². The number of rotatable bonds is 7. The van der Waals surface area contributed by atoms with Crippen molar-refractivity contribution in [1.29, 1.82) is 0 Å². The van der Waals surface area contributed by atoms with E-state index in [2.05, 4.69) is 26.2 Å². The maximum absolute atomic E-state index is 13.8. The Balaban J connectivity index is 1.79. The van der Waals surface area contributed by atoms with Crippen LogP contribution < -0.4 is 15.6 Å². The summed E-state index contributed by atoms with van der Waals surface area (Å²) in [4.78, 5) is 27.8. The Labute approximate surface area is 184 Å². The van der Waals surface area contributed by atoms with E-state index >= 15 is 0 Å². The molecule has 0 atom stereocenters. The molecule has 0 radical (unpaired) electrons. The van der Waals surface area contributed by atoms with E-state index in [4.69, 9.17) is 9.84 Å². The van der Waals surface area contributed by atoms with Gasteiger partial charge in [0, 0.05) is 18.2 Å². The van der Waals surface area contributed by atoms with Crippen LogP contribution in [0.5, 0.6) is 5.88 Å². The Morgan fingerprint density at radius 3 is 2.68 bits per heavy atom. The smallest absolute Gasteiger partial charge is 0.404 e. The van der Waals surface area contributed by atoms with Gasteiger partial charge in [-0.1, -0.05) is 24.3 Å². The maximum atomic E-state index is 13.8. The lowest BCUT2D eigenvalue weighted by molar-refractivity contribution is 0.194. The molecule has 0 aliphatic carbocycles. The van der Waals surface area contributed by atoms with Gasteiger partial charge >= 0.3 is 6.09 Å². The highest BCUT2D eigenvalue weighted by Crippen LogP contribution is 2.21. The normalized spacial score (nSPS) is 10.7. The molecular formula is C21H18BrF2N3O4. The fraction of sp³-hybridized carbons (Fsp3) is 0.190. The molecule has 0 aliphatic heterocycles. The van der Waals surface area contributed by atoms with Crippen molar-refractivity contribution in [3.05, 3.63) is 91.4 Å². The van der Waals surface area contributed by atoms with Crippen LogP contribution in [-0.2, 0) is 19.7 Å². The van der Waals surface area contributed by atoms with Gasteiger partial charge in [-0.3, -0.25) is 9.36 Å². The highest BCUT2D eigenvalue weighted by molar-refractivity contribution is 9.10. The Kier molecular flexibility index (Phi) is 7.01. The van der Waals surface area contributed by atoms with E-state index in [-0.39, 0.29) is 35.6 Å². The lowest BCUT2D eigenvalue weighted by Crippen LogP contribution is -2.26. The maximum Gasteiger partial charge on any atom is 0.404 e. The van der Waals surface area contributed by atoms with Gasteiger partial charge in [0.2, 0.25) is 5.88 Å². The van der Waals surface area contributed by atoms with E-state index in [0.29, 0.717) is 5.82 Å². The molecule has 162 valence electrons. The molecule has 1 heterocycles. The van der Waals surface area contributed by atoms with E-state index in [0.717, 1.165) is 23.3 Å². The van der Waals surface area contributed by atoms with Gasteiger partial charge in [-0.15, -0.1) is 0 Å². The van der Waals surface area contributed by atoms with Crippen LogP contribution in [0.1, 0.15) is 22.5 Å². The minimum Gasteiger partial charge on any atom is -0.472 e. The Hall–Kier alpha value is -3.27. The molecule has 1 amide bonds. The lowest BCUT2D eigenvalue weighted by Gasteiger charge is -2.14. The third kappa shape index (κ3) is 5.66. The summed E-state index contributed by atoms with van der Waals surface area (Å²) in [6.45, 7) is 1.77. The molecule has 0 aliphatic rings. The summed E-state index contributed by atoms with van der Waals surface area (Å²) in [6, 6.07) is 10.3. The molecule has 31 heavy (non-hydrogen) atoms. The second-order valence-corrected chi connectivity index (χ2v) is 7.47. The molecule has 0 unspecified atom stereocenters. The lowest BCUT2D eigenvalue weighted by atomic mass is 10.1. The highest BCUT2D eigenvalue weighted by atomic mass is 79.9. The Bertz CT molecular complexity index is 1180. The zero-order valence-electron chi connectivity index (χ0n) is 16.4. The summed E-state index contributed by atoms with van der Waals surface area (Å²) >= 11 is 3.19. The van der Waals surface area contributed by atoms with Crippen LogP contribution in [0.15, 0.2) is 51.7 Å². The van der Waals surface area contributed by atoms with Crippen molar-refractivity contribution in [3.8, 4) is 5.88 Å². The molecule has 10 heteroatoms. The Morgan fingerprint density at radius 2 is 1.97 bits per heavy atom. The third-order valence-corrected chi connectivity index (χ3v) is 5.11. The number of nitrogens with zero attached hydrogens (tertiary/aromatic N) is 2. The van der Waals surface area contributed by atoms with Crippen LogP contribution in [0.2, 0.25) is 0 Å². The molecule has 0 spiro atoms. The molecule has 3 rings (SSSR count). The van der Waals surface area contributed by atoms with Crippen LogP contribution in [0.3, 0.4) is 0 Å². The zero-order valence-corrected chi connectivity index (χ0v) is 17.9. The van der Waals surface area contributed by atoms with E-state index in [1.807, 2.05) is 6.07 Å². The second kappa shape index (κ2) is 9.69. The largest absolute Gasteiger partial charge is 0.472 e. The zero-order chi connectivity index (χ0) is 22.5. The van der Waals surface area contributed by atoms with Crippen LogP contribution >= 0.6 is 15.9 Å². The highest BCUT2D eigenvalue weighted by Gasteiger charge is 2.15.